The minimum atomic E-state index is -0.515. The van der Waals surface area contributed by atoms with Gasteiger partial charge in [0, 0.05) is 17.5 Å². The van der Waals surface area contributed by atoms with Gasteiger partial charge in [-0.25, -0.2) is 0 Å². The van der Waals surface area contributed by atoms with Gasteiger partial charge >= 0.3 is 0 Å². The van der Waals surface area contributed by atoms with Gasteiger partial charge in [0.25, 0.3) is 0 Å². The molecule has 0 aliphatic rings. The van der Waals surface area contributed by atoms with E-state index in [0.717, 1.165) is 5.75 Å². The maximum absolute atomic E-state index is 9.93. The van der Waals surface area contributed by atoms with E-state index in [2.05, 4.69) is 23.7 Å². The van der Waals surface area contributed by atoms with Gasteiger partial charge < -0.3 is 15.2 Å². The Bertz CT molecular complexity index is 496. The van der Waals surface area contributed by atoms with E-state index in [9.17, 15) is 5.11 Å². The summed E-state index contributed by atoms with van der Waals surface area (Å²) >= 11 is 1.72. The molecule has 3 nitrogen and oxygen atoms in total. The van der Waals surface area contributed by atoms with Crippen LogP contribution in [0.1, 0.15) is 23.4 Å². The molecule has 1 aromatic carbocycles. The first-order valence-corrected chi connectivity index (χ1v) is 7.67. The molecule has 0 bridgehead atoms. The number of rotatable bonds is 7. The second-order valence-electron chi connectivity index (χ2n) is 4.92. The fraction of sp³-hybridized carbons (Fsp3) is 0.375. The average molecular weight is 291 g/mol. The van der Waals surface area contributed by atoms with Crippen molar-refractivity contribution >= 4 is 11.3 Å². The van der Waals surface area contributed by atoms with Gasteiger partial charge in [-0.2, -0.15) is 0 Å². The van der Waals surface area contributed by atoms with Crippen LogP contribution in [-0.4, -0.2) is 24.4 Å². The molecule has 2 unspecified atom stereocenters. The van der Waals surface area contributed by atoms with E-state index >= 15 is 0 Å². The molecular formula is C16H21NO2S. The molecule has 1 aromatic heterocycles. The van der Waals surface area contributed by atoms with Gasteiger partial charge in [-0.15, -0.1) is 11.3 Å². The van der Waals surface area contributed by atoms with Crippen molar-refractivity contribution in [3.05, 3.63) is 52.2 Å². The van der Waals surface area contributed by atoms with Crippen LogP contribution < -0.4 is 10.1 Å². The first kappa shape index (κ1) is 15.0. The molecule has 1 heterocycles. The molecule has 0 saturated heterocycles. The van der Waals surface area contributed by atoms with Crippen molar-refractivity contribution in [3.8, 4) is 5.75 Å². The lowest BCUT2D eigenvalue weighted by Crippen LogP contribution is -2.32. The maximum Gasteiger partial charge on any atom is 0.119 e. The zero-order chi connectivity index (χ0) is 14.4. The van der Waals surface area contributed by atoms with Crippen LogP contribution in [0.25, 0.3) is 0 Å². The van der Waals surface area contributed by atoms with Gasteiger partial charge in [-0.05, 0) is 37.4 Å². The van der Waals surface area contributed by atoms with Gasteiger partial charge in [0.15, 0.2) is 0 Å². The van der Waals surface area contributed by atoms with Crippen LogP contribution in [-0.2, 0) is 0 Å². The zero-order valence-corrected chi connectivity index (χ0v) is 12.7. The number of nitrogens with one attached hydrogen (secondary N) is 1. The zero-order valence-electron chi connectivity index (χ0n) is 11.9. The molecule has 0 amide bonds. The summed E-state index contributed by atoms with van der Waals surface area (Å²) in [5.74, 6) is 0.793. The third kappa shape index (κ3) is 4.63. The predicted molar refractivity (Wildman–Crippen MR) is 83.4 cm³/mol. The van der Waals surface area contributed by atoms with Crippen LogP contribution in [0.2, 0.25) is 0 Å². The standard InChI is InChI=1S/C16H21NO2S/c1-12-5-7-15(8-6-12)19-11-14(18)10-17-13(2)16-4-3-9-20-16/h3-9,13-14,17-18H,10-11H2,1-2H3. The minimum Gasteiger partial charge on any atom is -0.491 e. The Morgan fingerprint density at radius 2 is 2.00 bits per heavy atom. The molecule has 2 aromatic rings. The van der Waals surface area contributed by atoms with Gasteiger partial charge in [0.2, 0.25) is 0 Å². The summed E-state index contributed by atoms with van der Waals surface area (Å²) in [4.78, 5) is 1.27. The van der Waals surface area contributed by atoms with E-state index in [1.54, 1.807) is 11.3 Å². The molecule has 108 valence electrons. The second kappa shape index (κ2) is 7.43. The highest BCUT2D eigenvalue weighted by molar-refractivity contribution is 7.10. The molecule has 20 heavy (non-hydrogen) atoms. The number of thiophene rings is 1. The van der Waals surface area contributed by atoms with E-state index in [-0.39, 0.29) is 6.04 Å². The van der Waals surface area contributed by atoms with Crippen molar-refractivity contribution < 1.29 is 9.84 Å². The number of aryl methyl sites for hydroxylation is 1. The summed E-state index contributed by atoms with van der Waals surface area (Å²) in [6.07, 6.45) is -0.515. The fourth-order valence-corrected chi connectivity index (χ4v) is 2.60. The first-order valence-electron chi connectivity index (χ1n) is 6.79. The van der Waals surface area contributed by atoms with Crippen LogP contribution in [0.5, 0.6) is 5.75 Å². The molecular weight excluding hydrogens is 270 g/mol. The Labute approximate surface area is 124 Å². The molecule has 2 N–H and O–H groups in total. The van der Waals surface area contributed by atoms with Crippen LogP contribution >= 0.6 is 11.3 Å². The highest BCUT2D eigenvalue weighted by Crippen LogP contribution is 2.18. The highest BCUT2D eigenvalue weighted by atomic mass is 32.1. The van der Waals surface area contributed by atoms with E-state index in [1.165, 1.54) is 10.4 Å². The van der Waals surface area contributed by atoms with Crippen LogP contribution in [0.15, 0.2) is 41.8 Å². The molecule has 0 aliphatic carbocycles. The molecule has 0 saturated carbocycles. The lowest BCUT2D eigenvalue weighted by Gasteiger charge is -2.16. The van der Waals surface area contributed by atoms with Crippen molar-refractivity contribution in [2.24, 2.45) is 0 Å². The van der Waals surface area contributed by atoms with E-state index < -0.39 is 6.10 Å². The number of benzene rings is 1. The van der Waals surface area contributed by atoms with Gasteiger partial charge in [-0.1, -0.05) is 23.8 Å². The monoisotopic (exact) mass is 291 g/mol. The first-order chi connectivity index (χ1) is 9.65. The maximum atomic E-state index is 9.93. The Morgan fingerprint density at radius 3 is 2.65 bits per heavy atom. The van der Waals surface area contributed by atoms with Crippen molar-refractivity contribution in [2.75, 3.05) is 13.2 Å². The summed E-state index contributed by atoms with van der Waals surface area (Å²) in [5.41, 5.74) is 1.20. The van der Waals surface area contributed by atoms with E-state index in [0.29, 0.717) is 13.2 Å². The third-order valence-corrected chi connectivity index (χ3v) is 4.15. The number of hydrogen-bond donors (Lipinski definition) is 2. The minimum absolute atomic E-state index is 0.254. The summed E-state index contributed by atoms with van der Waals surface area (Å²) in [6, 6.07) is 12.2. The number of aliphatic hydroxyl groups excluding tert-OH is 1. The number of ether oxygens (including phenoxy) is 1. The number of aliphatic hydroxyl groups is 1. The van der Waals surface area contributed by atoms with Crippen molar-refractivity contribution in [3.63, 3.8) is 0 Å². The van der Waals surface area contributed by atoms with Crippen LogP contribution in [0.4, 0.5) is 0 Å². The Hall–Kier alpha value is -1.36. The fourth-order valence-electron chi connectivity index (χ4n) is 1.84. The van der Waals surface area contributed by atoms with Crippen molar-refractivity contribution in [1.82, 2.24) is 5.32 Å². The van der Waals surface area contributed by atoms with Gasteiger partial charge in [0.05, 0.1) is 0 Å². The van der Waals surface area contributed by atoms with Crippen molar-refractivity contribution in [1.29, 1.82) is 0 Å². The largest absolute Gasteiger partial charge is 0.491 e. The molecule has 0 aliphatic heterocycles. The predicted octanol–water partition coefficient (Wildman–Crippen LogP) is 3.15. The molecule has 4 heteroatoms. The topological polar surface area (TPSA) is 41.5 Å². The van der Waals surface area contributed by atoms with Crippen LogP contribution in [0, 0.1) is 6.92 Å². The van der Waals surface area contributed by atoms with E-state index in [1.807, 2.05) is 37.3 Å². The van der Waals surface area contributed by atoms with Gasteiger partial charge in [-0.3, -0.25) is 0 Å². The molecule has 0 radical (unpaired) electrons. The normalized spacial score (nSPS) is 13.9. The summed E-state index contributed by atoms with van der Waals surface area (Å²) in [6.45, 7) is 4.95. The van der Waals surface area contributed by atoms with Gasteiger partial charge in [0.1, 0.15) is 18.5 Å². The lowest BCUT2D eigenvalue weighted by atomic mass is 10.2. The summed E-state index contributed by atoms with van der Waals surface area (Å²) in [7, 11) is 0. The van der Waals surface area contributed by atoms with Crippen LogP contribution in [0.3, 0.4) is 0 Å². The second-order valence-corrected chi connectivity index (χ2v) is 5.90. The molecule has 2 rings (SSSR count). The SMILES string of the molecule is Cc1ccc(OCC(O)CNC(C)c2cccs2)cc1. The highest BCUT2D eigenvalue weighted by Gasteiger charge is 2.10. The molecule has 2 atom stereocenters. The smallest absolute Gasteiger partial charge is 0.119 e. The Balaban J connectivity index is 1.70. The molecule has 0 spiro atoms. The lowest BCUT2D eigenvalue weighted by molar-refractivity contribution is 0.104. The third-order valence-electron chi connectivity index (χ3n) is 3.09. The summed E-state index contributed by atoms with van der Waals surface area (Å²) < 4.78 is 5.56. The number of hydrogen-bond acceptors (Lipinski definition) is 4. The summed E-state index contributed by atoms with van der Waals surface area (Å²) in [5, 5.41) is 15.3. The Kier molecular flexibility index (Phi) is 5.59. The Morgan fingerprint density at radius 1 is 1.25 bits per heavy atom. The van der Waals surface area contributed by atoms with Crippen molar-refractivity contribution in [2.45, 2.75) is 26.0 Å². The molecule has 0 fully saturated rings. The van der Waals surface area contributed by atoms with E-state index in [4.69, 9.17) is 4.74 Å². The average Bonchev–Trinajstić information content (AvgIpc) is 2.98. The quantitative estimate of drug-likeness (QED) is 0.823.